The van der Waals surface area contributed by atoms with Crippen LogP contribution >= 0.6 is 0 Å². The number of hydrogen-bond donors (Lipinski definition) is 2. The highest BCUT2D eigenvalue weighted by atomic mass is 16.5. The van der Waals surface area contributed by atoms with Gasteiger partial charge in [-0.1, -0.05) is 26.0 Å². The molecule has 2 aromatic rings. The van der Waals surface area contributed by atoms with E-state index in [2.05, 4.69) is 39.7 Å². The SMILES string of the molecule is CCOc1ccccc1Nc1cnnc(NCCC(C)C)n1. The van der Waals surface area contributed by atoms with Crippen LogP contribution in [-0.4, -0.2) is 28.3 Å². The minimum atomic E-state index is 0.527. The van der Waals surface area contributed by atoms with Crippen molar-refractivity contribution in [3.05, 3.63) is 30.5 Å². The molecule has 22 heavy (non-hydrogen) atoms. The van der Waals surface area contributed by atoms with Crippen LogP contribution in [0, 0.1) is 5.92 Å². The molecule has 1 heterocycles. The molecule has 1 aromatic heterocycles. The fourth-order valence-corrected chi connectivity index (χ4v) is 1.90. The first-order chi connectivity index (χ1) is 10.7. The van der Waals surface area contributed by atoms with Crippen molar-refractivity contribution in [3.63, 3.8) is 0 Å². The Balaban J connectivity index is 2.04. The number of para-hydroxylation sites is 2. The summed E-state index contributed by atoms with van der Waals surface area (Å²) in [5, 5.41) is 14.4. The molecular weight excluding hydrogens is 278 g/mol. The van der Waals surface area contributed by atoms with Crippen LogP contribution in [-0.2, 0) is 0 Å². The molecule has 0 saturated carbocycles. The lowest BCUT2D eigenvalue weighted by molar-refractivity contribution is 0.342. The van der Waals surface area contributed by atoms with E-state index in [1.54, 1.807) is 6.20 Å². The summed E-state index contributed by atoms with van der Waals surface area (Å²) in [7, 11) is 0. The predicted molar refractivity (Wildman–Crippen MR) is 88.7 cm³/mol. The topological polar surface area (TPSA) is 72.0 Å². The van der Waals surface area contributed by atoms with E-state index in [1.165, 1.54) is 0 Å². The molecule has 0 atom stereocenters. The Morgan fingerprint density at radius 2 is 2.05 bits per heavy atom. The Hall–Kier alpha value is -2.37. The van der Waals surface area contributed by atoms with Crippen LogP contribution in [0.2, 0.25) is 0 Å². The maximum absolute atomic E-state index is 5.59. The van der Waals surface area contributed by atoms with Crippen LogP contribution in [0.3, 0.4) is 0 Å². The number of benzene rings is 1. The highest BCUT2D eigenvalue weighted by Gasteiger charge is 2.05. The molecule has 0 aliphatic carbocycles. The molecule has 0 unspecified atom stereocenters. The van der Waals surface area contributed by atoms with Crippen molar-refractivity contribution < 1.29 is 4.74 Å². The summed E-state index contributed by atoms with van der Waals surface area (Å²) in [6.07, 6.45) is 2.66. The van der Waals surface area contributed by atoms with E-state index in [1.807, 2.05) is 31.2 Å². The second-order valence-electron chi connectivity index (χ2n) is 5.33. The summed E-state index contributed by atoms with van der Waals surface area (Å²) in [4.78, 5) is 4.41. The molecule has 0 aliphatic heterocycles. The minimum absolute atomic E-state index is 0.527. The molecule has 2 rings (SSSR count). The smallest absolute Gasteiger partial charge is 0.244 e. The van der Waals surface area contributed by atoms with Crippen molar-refractivity contribution in [2.24, 2.45) is 5.92 Å². The fourth-order valence-electron chi connectivity index (χ4n) is 1.90. The first-order valence-corrected chi connectivity index (χ1v) is 7.61. The normalized spacial score (nSPS) is 10.5. The van der Waals surface area contributed by atoms with Gasteiger partial charge in [-0.2, -0.15) is 10.1 Å². The first-order valence-electron chi connectivity index (χ1n) is 7.61. The summed E-state index contributed by atoms with van der Waals surface area (Å²) >= 11 is 0. The summed E-state index contributed by atoms with van der Waals surface area (Å²) in [5.41, 5.74) is 0.859. The van der Waals surface area contributed by atoms with Gasteiger partial charge in [-0.15, -0.1) is 5.10 Å². The molecule has 0 amide bonds. The van der Waals surface area contributed by atoms with E-state index in [0.717, 1.165) is 24.4 Å². The van der Waals surface area contributed by atoms with Crippen LogP contribution in [0.5, 0.6) is 5.75 Å². The average Bonchev–Trinajstić information content (AvgIpc) is 2.50. The Bertz CT molecular complexity index is 588. The second-order valence-corrected chi connectivity index (χ2v) is 5.33. The van der Waals surface area contributed by atoms with Gasteiger partial charge in [-0.3, -0.25) is 0 Å². The van der Waals surface area contributed by atoms with Crippen LogP contribution in [0.4, 0.5) is 17.5 Å². The van der Waals surface area contributed by atoms with Crippen molar-refractivity contribution in [3.8, 4) is 5.75 Å². The number of aromatic nitrogens is 3. The van der Waals surface area contributed by atoms with Crippen molar-refractivity contribution in [2.75, 3.05) is 23.8 Å². The zero-order valence-corrected chi connectivity index (χ0v) is 13.3. The lowest BCUT2D eigenvalue weighted by Crippen LogP contribution is -2.09. The Labute approximate surface area is 131 Å². The third-order valence-electron chi connectivity index (χ3n) is 3.01. The van der Waals surface area contributed by atoms with Crippen molar-refractivity contribution in [2.45, 2.75) is 27.2 Å². The number of ether oxygens (including phenoxy) is 1. The second kappa shape index (κ2) is 8.17. The minimum Gasteiger partial charge on any atom is -0.492 e. The summed E-state index contributed by atoms with van der Waals surface area (Å²) in [6.45, 7) is 7.77. The molecule has 6 heteroatoms. The third kappa shape index (κ3) is 4.87. The lowest BCUT2D eigenvalue weighted by Gasteiger charge is -2.12. The molecule has 0 saturated heterocycles. The van der Waals surface area contributed by atoms with Gasteiger partial charge in [0.1, 0.15) is 5.75 Å². The number of nitrogens with one attached hydrogen (secondary N) is 2. The van der Waals surface area contributed by atoms with Gasteiger partial charge in [0.25, 0.3) is 0 Å². The van der Waals surface area contributed by atoms with Gasteiger partial charge in [-0.05, 0) is 31.4 Å². The van der Waals surface area contributed by atoms with E-state index in [-0.39, 0.29) is 0 Å². The average molecular weight is 301 g/mol. The van der Waals surface area contributed by atoms with E-state index >= 15 is 0 Å². The van der Waals surface area contributed by atoms with E-state index in [4.69, 9.17) is 4.74 Å². The number of rotatable bonds is 8. The first kappa shape index (κ1) is 16.0. The third-order valence-corrected chi connectivity index (χ3v) is 3.01. The molecule has 0 aliphatic rings. The van der Waals surface area contributed by atoms with E-state index in [9.17, 15) is 0 Å². The Morgan fingerprint density at radius 3 is 2.82 bits per heavy atom. The zero-order chi connectivity index (χ0) is 15.8. The zero-order valence-electron chi connectivity index (χ0n) is 13.3. The maximum Gasteiger partial charge on any atom is 0.244 e. The van der Waals surface area contributed by atoms with Gasteiger partial charge >= 0.3 is 0 Å². The van der Waals surface area contributed by atoms with Gasteiger partial charge in [0.15, 0.2) is 5.82 Å². The molecule has 118 valence electrons. The fraction of sp³-hybridized carbons (Fsp3) is 0.438. The Morgan fingerprint density at radius 1 is 1.23 bits per heavy atom. The van der Waals surface area contributed by atoms with E-state index < -0.39 is 0 Å². The van der Waals surface area contributed by atoms with Crippen molar-refractivity contribution in [1.82, 2.24) is 15.2 Å². The number of anilines is 3. The monoisotopic (exact) mass is 301 g/mol. The lowest BCUT2D eigenvalue weighted by atomic mass is 10.1. The molecule has 0 fully saturated rings. The van der Waals surface area contributed by atoms with Gasteiger partial charge < -0.3 is 15.4 Å². The molecule has 0 spiro atoms. The van der Waals surface area contributed by atoms with E-state index in [0.29, 0.717) is 24.3 Å². The highest BCUT2D eigenvalue weighted by Crippen LogP contribution is 2.26. The molecule has 2 N–H and O–H groups in total. The van der Waals surface area contributed by atoms with Crippen molar-refractivity contribution >= 4 is 17.5 Å². The maximum atomic E-state index is 5.59. The molecule has 6 nitrogen and oxygen atoms in total. The summed E-state index contributed by atoms with van der Waals surface area (Å²) in [5.74, 6) is 2.59. The van der Waals surface area contributed by atoms with Gasteiger partial charge in [-0.25, -0.2) is 0 Å². The molecule has 1 aromatic carbocycles. The van der Waals surface area contributed by atoms with Crippen LogP contribution in [0.15, 0.2) is 30.5 Å². The van der Waals surface area contributed by atoms with Crippen LogP contribution in [0.1, 0.15) is 27.2 Å². The number of hydrogen-bond acceptors (Lipinski definition) is 6. The Kier molecular flexibility index (Phi) is 5.94. The van der Waals surface area contributed by atoms with Crippen LogP contribution < -0.4 is 15.4 Å². The van der Waals surface area contributed by atoms with Gasteiger partial charge in [0, 0.05) is 6.54 Å². The number of nitrogens with zero attached hydrogens (tertiary/aromatic N) is 3. The summed E-state index contributed by atoms with van der Waals surface area (Å²) < 4.78 is 5.59. The van der Waals surface area contributed by atoms with Crippen molar-refractivity contribution in [1.29, 1.82) is 0 Å². The standard InChI is InChI=1S/C16H23N5O/c1-4-22-14-8-6-5-7-13(14)19-15-11-18-21-16(20-15)17-10-9-12(2)3/h5-8,11-12H,4,9-10H2,1-3H3,(H2,17,19,20,21). The van der Waals surface area contributed by atoms with Crippen LogP contribution in [0.25, 0.3) is 0 Å². The summed E-state index contributed by atoms with van der Waals surface area (Å²) in [6, 6.07) is 7.75. The molecule has 0 bridgehead atoms. The molecule has 0 radical (unpaired) electrons. The largest absolute Gasteiger partial charge is 0.492 e. The quantitative estimate of drug-likeness (QED) is 0.778. The van der Waals surface area contributed by atoms with Gasteiger partial charge in [0.2, 0.25) is 5.95 Å². The van der Waals surface area contributed by atoms with Gasteiger partial charge in [0.05, 0.1) is 18.5 Å². The predicted octanol–water partition coefficient (Wildman–Crippen LogP) is 3.47. The highest BCUT2D eigenvalue weighted by molar-refractivity contribution is 5.63. The molecular formula is C16H23N5O.